The van der Waals surface area contributed by atoms with Crippen molar-refractivity contribution in [3.8, 4) is 33.6 Å². The summed E-state index contributed by atoms with van der Waals surface area (Å²) in [5, 5.41) is 7.22. The zero-order valence-electron chi connectivity index (χ0n) is 27.6. The first kappa shape index (κ1) is 28.0. The summed E-state index contributed by atoms with van der Waals surface area (Å²) in [6.45, 7) is 0. The molecule has 238 valence electrons. The minimum Gasteiger partial charge on any atom is -0.455 e. The van der Waals surface area contributed by atoms with E-state index in [2.05, 4.69) is 179 Å². The van der Waals surface area contributed by atoms with Gasteiger partial charge in [-0.05, 0) is 59.2 Å². The number of hydrogen-bond donors (Lipinski definition) is 0. The van der Waals surface area contributed by atoms with Crippen LogP contribution in [0.25, 0.3) is 99.2 Å². The van der Waals surface area contributed by atoms with Crippen molar-refractivity contribution in [1.82, 2.24) is 9.13 Å². The molecule has 0 N–H and O–H groups in total. The van der Waals surface area contributed by atoms with Gasteiger partial charge in [0.1, 0.15) is 11.2 Å². The Morgan fingerprint density at radius 1 is 0.333 bits per heavy atom. The second kappa shape index (κ2) is 10.8. The summed E-state index contributed by atoms with van der Waals surface area (Å²) in [6, 6.07) is 65.5. The maximum Gasteiger partial charge on any atom is 0.143 e. The number of para-hydroxylation sites is 4. The summed E-state index contributed by atoms with van der Waals surface area (Å²) in [4.78, 5) is 0. The molecule has 0 spiro atoms. The van der Waals surface area contributed by atoms with Crippen molar-refractivity contribution in [3.05, 3.63) is 182 Å². The molecule has 3 heteroatoms. The van der Waals surface area contributed by atoms with E-state index in [9.17, 15) is 0 Å². The monoisotopic (exact) mass is 650 g/mol. The number of rotatable bonds is 4. The molecule has 0 fully saturated rings. The molecule has 0 bridgehead atoms. The average Bonchev–Trinajstić information content (AvgIpc) is 3.86. The summed E-state index contributed by atoms with van der Waals surface area (Å²) in [6.07, 6.45) is 0. The molecule has 0 radical (unpaired) electrons. The third-order valence-electron chi connectivity index (χ3n) is 10.5. The minimum absolute atomic E-state index is 0.911. The lowest BCUT2D eigenvalue weighted by molar-refractivity contribution is 0.670. The lowest BCUT2D eigenvalue weighted by Gasteiger charge is -2.13. The molecule has 0 aliphatic rings. The van der Waals surface area contributed by atoms with E-state index >= 15 is 0 Å². The smallest absolute Gasteiger partial charge is 0.143 e. The van der Waals surface area contributed by atoms with Crippen molar-refractivity contribution in [2.45, 2.75) is 0 Å². The zero-order chi connectivity index (χ0) is 33.5. The van der Waals surface area contributed by atoms with Gasteiger partial charge >= 0.3 is 0 Å². The predicted octanol–water partition coefficient (Wildman–Crippen LogP) is 13.1. The molecular weight excluding hydrogens is 621 g/mol. The van der Waals surface area contributed by atoms with Crippen LogP contribution in [0.5, 0.6) is 0 Å². The lowest BCUT2D eigenvalue weighted by Crippen LogP contribution is -1.98. The molecule has 0 aliphatic heterocycles. The first-order chi connectivity index (χ1) is 25.3. The van der Waals surface area contributed by atoms with E-state index < -0.39 is 0 Å². The molecule has 3 nitrogen and oxygen atoms in total. The Bertz CT molecular complexity index is 3110. The maximum absolute atomic E-state index is 6.44. The highest BCUT2D eigenvalue weighted by atomic mass is 16.3. The Hall–Kier alpha value is -6.84. The van der Waals surface area contributed by atoms with Crippen LogP contribution in [0.2, 0.25) is 0 Å². The molecule has 8 aromatic carbocycles. The number of benzene rings is 8. The Kier molecular flexibility index (Phi) is 5.96. The van der Waals surface area contributed by atoms with E-state index in [-0.39, 0.29) is 0 Å². The fourth-order valence-corrected chi connectivity index (χ4v) is 8.24. The van der Waals surface area contributed by atoms with Gasteiger partial charge in [0.05, 0.1) is 22.1 Å². The Morgan fingerprint density at radius 2 is 0.902 bits per heavy atom. The highest BCUT2D eigenvalue weighted by molar-refractivity contribution is 6.24. The quantitative estimate of drug-likeness (QED) is 0.186. The predicted molar refractivity (Wildman–Crippen MR) is 213 cm³/mol. The van der Waals surface area contributed by atoms with Crippen LogP contribution in [0.15, 0.2) is 186 Å². The van der Waals surface area contributed by atoms with Gasteiger partial charge in [-0.15, -0.1) is 0 Å². The largest absolute Gasteiger partial charge is 0.455 e. The van der Waals surface area contributed by atoms with Crippen molar-refractivity contribution in [2.24, 2.45) is 0 Å². The molecule has 3 aromatic heterocycles. The van der Waals surface area contributed by atoms with Crippen molar-refractivity contribution in [1.29, 1.82) is 0 Å². The summed E-state index contributed by atoms with van der Waals surface area (Å²) in [5.74, 6) is 0. The maximum atomic E-state index is 6.44. The van der Waals surface area contributed by atoms with Crippen molar-refractivity contribution < 1.29 is 4.42 Å². The van der Waals surface area contributed by atoms with Crippen molar-refractivity contribution in [2.75, 3.05) is 0 Å². The van der Waals surface area contributed by atoms with Crippen LogP contribution in [-0.4, -0.2) is 9.13 Å². The van der Waals surface area contributed by atoms with Crippen molar-refractivity contribution >= 4 is 65.6 Å². The van der Waals surface area contributed by atoms with Crippen LogP contribution in [-0.2, 0) is 0 Å². The third-order valence-corrected chi connectivity index (χ3v) is 10.5. The molecule has 11 aromatic rings. The second-order valence-electron chi connectivity index (χ2n) is 13.3. The molecule has 0 amide bonds. The molecule has 0 saturated carbocycles. The van der Waals surface area contributed by atoms with Gasteiger partial charge in [-0.1, -0.05) is 140 Å². The van der Waals surface area contributed by atoms with Gasteiger partial charge < -0.3 is 13.6 Å². The SMILES string of the molecule is c1ccc(-c2ccc3c4ccc5c6ccccc6n(-c6ccccc6)c5c4n(-c4ccc(-c5cccc6c5oc5ccccc56)cc4)c3c2)cc1. The number of nitrogens with zero attached hydrogens (tertiary/aromatic N) is 2. The summed E-state index contributed by atoms with van der Waals surface area (Å²) < 4.78 is 11.4. The first-order valence-electron chi connectivity index (χ1n) is 17.4. The zero-order valence-corrected chi connectivity index (χ0v) is 27.6. The van der Waals surface area contributed by atoms with E-state index in [1.807, 2.05) is 12.1 Å². The van der Waals surface area contributed by atoms with Gasteiger partial charge in [-0.2, -0.15) is 0 Å². The normalized spacial score (nSPS) is 11.9. The highest BCUT2D eigenvalue weighted by Crippen LogP contribution is 2.43. The Balaban J connectivity index is 1.22. The van der Waals surface area contributed by atoms with E-state index in [0.717, 1.165) is 44.4 Å². The molecular formula is C48H30N2O. The Morgan fingerprint density at radius 3 is 1.69 bits per heavy atom. The average molecular weight is 651 g/mol. The number of fused-ring (bicyclic) bond motifs is 10. The highest BCUT2D eigenvalue weighted by Gasteiger charge is 2.22. The van der Waals surface area contributed by atoms with Crippen LogP contribution in [0.1, 0.15) is 0 Å². The molecule has 0 saturated heterocycles. The van der Waals surface area contributed by atoms with E-state index in [1.165, 1.54) is 54.7 Å². The van der Waals surface area contributed by atoms with Gasteiger partial charge in [0, 0.05) is 49.3 Å². The molecule has 0 unspecified atom stereocenters. The molecule has 0 atom stereocenters. The van der Waals surface area contributed by atoms with Gasteiger partial charge in [0.2, 0.25) is 0 Å². The fourth-order valence-electron chi connectivity index (χ4n) is 8.24. The topological polar surface area (TPSA) is 23.0 Å². The van der Waals surface area contributed by atoms with Gasteiger partial charge in [0.25, 0.3) is 0 Å². The third kappa shape index (κ3) is 4.12. The minimum atomic E-state index is 0.911. The van der Waals surface area contributed by atoms with Gasteiger partial charge in [-0.3, -0.25) is 0 Å². The number of hydrogen-bond acceptors (Lipinski definition) is 1. The lowest BCUT2D eigenvalue weighted by atomic mass is 10.0. The van der Waals surface area contributed by atoms with E-state index in [0.29, 0.717) is 0 Å². The summed E-state index contributed by atoms with van der Waals surface area (Å²) >= 11 is 0. The number of aromatic nitrogens is 2. The van der Waals surface area contributed by atoms with E-state index in [1.54, 1.807) is 0 Å². The van der Waals surface area contributed by atoms with E-state index in [4.69, 9.17) is 4.42 Å². The second-order valence-corrected chi connectivity index (χ2v) is 13.3. The van der Waals surface area contributed by atoms with Crippen LogP contribution in [0.4, 0.5) is 0 Å². The van der Waals surface area contributed by atoms with Crippen LogP contribution >= 0.6 is 0 Å². The molecule has 3 heterocycles. The fraction of sp³-hybridized carbons (Fsp3) is 0. The van der Waals surface area contributed by atoms with Gasteiger partial charge in [-0.25, -0.2) is 0 Å². The Labute approximate surface area is 293 Å². The summed E-state index contributed by atoms with van der Waals surface area (Å²) in [7, 11) is 0. The first-order valence-corrected chi connectivity index (χ1v) is 17.4. The van der Waals surface area contributed by atoms with Gasteiger partial charge in [0.15, 0.2) is 0 Å². The van der Waals surface area contributed by atoms with Crippen LogP contribution in [0, 0.1) is 0 Å². The molecule has 11 rings (SSSR count). The van der Waals surface area contributed by atoms with Crippen LogP contribution in [0.3, 0.4) is 0 Å². The molecule has 0 aliphatic carbocycles. The molecule has 51 heavy (non-hydrogen) atoms. The van der Waals surface area contributed by atoms with Crippen LogP contribution < -0.4 is 0 Å². The summed E-state index contributed by atoms with van der Waals surface area (Å²) in [5.41, 5.74) is 13.5. The number of furan rings is 1. The van der Waals surface area contributed by atoms with Crippen molar-refractivity contribution in [3.63, 3.8) is 0 Å². The standard InChI is InChI=1S/C48H30N2O/c1-3-12-31(13-4-1)33-24-27-38-41-29-28-40-37-16-7-9-20-43(37)49(34-14-5-2-6-15-34)46(40)47(41)50(44(38)30-33)35-25-22-32(23-26-35)36-18-11-19-42-39-17-8-10-21-45(39)51-48(36)42/h1-30H.